The molecule has 8 heteroatoms. The van der Waals surface area contributed by atoms with Crippen molar-refractivity contribution in [1.82, 2.24) is 18.7 Å². The fourth-order valence-electron chi connectivity index (χ4n) is 3.56. The first-order valence-corrected chi connectivity index (χ1v) is 9.55. The van der Waals surface area contributed by atoms with Crippen molar-refractivity contribution >= 4 is 11.2 Å². The lowest BCUT2D eigenvalue weighted by Crippen LogP contribution is -2.41. The van der Waals surface area contributed by atoms with Gasteiger partial charge in [0.2, 0.25) is 0 Å². The summed E-state index contributed by atoms with van der Waals surface area (Å²) in [4.78, 5) is 30.8. The highest BCUT2D eigenvalue weighted by atomic mass is 19.1. The van der Waals surface area contributed by atoms with E-state index < -0.39 is 17.1 Å². The van der Waals surface area contributed by atoms with Crippen molar-refractivity contribution in [3.8, 4) is 5.69 Å². The van der Waals surface area contributed by atoms with Gasteiger partial charge in [0, 0.05) is 7.11 Å². The van der Waals surface area contributed by atoms with Crippen LogP contribution in [-0.4, -0.2) is 32.4 Å². The summed E-state index contributed by atoms with van der Waals surface area (Å²) in [6.45, 7) is 2.21. The number of aromatic nitrogens is 4. The molecule has 4 aromatic rings. The third-order valence-corrected chi connectivity index (χ3v) is 5.14. The molecule has 0 saturated heterocycles. The van der Waals surface area contributed by atoms with E-state index in [2.05, 4.69) is 4.98 Å². The standard InChI is InChI=1S/C22H21FN4O3/c1-15(16-7-4-3-5-8-16)26-14-24-20-19(26)21(28)25(11-12-30-2)22(29)27(20)18-10-6-9-17(23)13-18/h3-10,13-15H,11-12H2,1-2H3. The van der Waals surface area contributed by atoms with E-state index in [-0.39, 0.29) is 30.4 Å². The summed E-state index contributed by atoms with van der Waals surface area (Å²) in [5.74, 6) is -0.487. The summed E-state index contributed by atoms with van der Waals surface area (Å²) >= 11 is 0. The predicted octanol–water partition coefficient (Wildman–Crippen LogP) is 2.74. The number of benzene rings is 2. The number of fused-ring (bicyclic) bond motifs is 1. The Kier molecular flexibility index (Phi) is 5.33. The number of hydrogen-bond acceptors (Lipinski definition) is 4. The highest BCUT2D eigenvalue weighted by Gasteiger charge is 2.22. The molecule has 0 saturated carbocycles. The van der Waals surface area contributed by atoms with Gasteiger partial charge in [-0.25, -0.2) is 18.7 Å². The van der Waals surface area contributed by atoms with Gasteiger partial charge in [-0.2, -0.15) is 0 Å². The normalized spacial score (nSPS) is 12.4. The third kappa shape index (κ3) is 3.35. The van der Waals surface area contributed by atoms with Crippen molar-refractivity contribution in [2.45, 2.75) is 19.5 Å². The van der Waals surface area contributed by atoms with E-state index in [0.29, 0.717) is 5.69 Å². The van der Waals surface area contributed by atoms with E-state index in [1.165, 1.54) is 29.9 Å². The van der Waals surface area contributed by atoms with Crippen molar-refractivity contribution < 1.29 is 9.13 Å². The van der Waals surface area contributed by atoms with Gasteiger partial charge >= 0.3 is 5.69 Å². The van der Waals surface area contributed by atoms with E-state index in [9.17, 15) is 14.0 Å². The molecule has 0 bridgehead atoms. The van der Waals surface area contributed by atoms with Crippen molar-refractivity contribution in [1.29, 1.82) is 0 Å². The Balaban J connectivity index is 2.03. The second-order valence-electron chi connectivity index (χ2n) is 6.96. The van der Waals surface area contributed by atoms with Crippen LogP contribution in [0.2, 0.25) is 0 Å². The van der Waals surface area contributed by atoms with Crippen LogP contribution >= 0.6 is 0 Å². The lowest BCUT2D eigenvalue weighted by molar-refractivity contribution is 0.184. The first kappa shape index (κ1) is 19.8. The number of imidazole rings is 1. The zero-order chi connectivity index (χ0) is 21.3. The molecule has 0 aliphatic rings. The van der Waals surface area contributed by atoms with Gasteiger partial charge in [0.05, 0.1) is 31.2 Å². The Bertz CT molecular complexity index is 1310. The number of rotatable bonds is 6. The number of hydrogen-bond donors (Lipinski definition) is 0. The molecule has 0 aliphatic carbocycles. The molecule has 154 valence electrons. The van der Waals surface area contributed by atoms with E-state index in [1.807, 2.05) is 37.3 Å². The molecular weight excluding hydrogens is 387 g/mol. The van der Waals surface area contributed by atoms with Crippen LogP contribution in [-0.2, 0) is 11.3 Å². The number of methoxy groups -OCH3 is 1. The van der Waals surface area contributed by atoms with Gasteiger partial charge in [0.15, 0.2) is 11.2 Å². The Hall–Kier alpha value is -3.52. The van der Waals surface area contributed by atoms with Crippen LogP contribution in [0.25, 0.3) is 16.9 Å². The number of ether oxygens (including phenoxy) is 1. The van der Waals surface area contributed by atoms with E-state index in [1.54, 1.807) is 17.0 Å². The van der Waals surface area contributed by atoms with E-state index >= 15 is 0 Å². The maximum absolute atomic E-state index is 13.9. The first-order valence-electron chi connectivity index (χ1n) is 9.55. The molecule has 4 rings (SSSR count). The average molecular weight is 408 g/mol. The molecule has 2 aromatic carbocycles. The lowest BCUT2D eigenvalue weighted by Gasteiger charge is -2.16. The summed E-state index contributed by atoms with van der Waals surface area (Å²) in [5, 5.41) is 0. The van der Waals surface area contributed by atoms with Crippen LogP contribution < -0.4 is 11.2 Å². The number of nitrogens with zero attached hydrogens (tertiary/aromatic N) is 4. The van der Waals surface area contributed by atoms with Gasteiger partial charge in [-0.3, -0.25) is 9.36 Å². The van der Waals surface area contributed by atoms with E-state index in [4.69, 9.17) is 4.74 Å². The Morgan fingerprint density at radius 2 is 1.87 bits per heavy atom. The maximum Gasteiger partial charge on any atom is 0.337 e. The van der Waals surface area contributed by atoms with Crippen molar-refractivity contribution in [3.63, 3.8) is 0 Å². The molecule has 0 N–H and O–H groups in total. The van der Waals surface area contributed by atoms with Crippen LogP contribution in [0.15, 0.2) is 70.5 Å². The molecule has 0 fully saturated rings. The molecule has 7 nitrogen and oxygen atoms in total. The van der Waals surface area contributed by atoms with Crippen molar-refractivity contribution in [2.24, 2.45) is 0 Å². The van der Waals surface area contributed by atoms with Gasteiger partial charge in [0.1, 0.15) is 5.82 Å². The minimum atomic E-state index is -0.590. The molecule has 2 aromatic heterocycles. The summed E-state index contributed by atoms with van der Waals surface area (Å²) in [7, 11) is 1.50. The van der Waals surface area contributed by atoms with Gasteiger partial charge in [-0.05, 0) is 30.7 Å². The van der Waals surface area contributed by atoms with Gasteiger partial charge in [0.25, 0.3) is 5.56 Å². The Labute approximate surface area is 171 Å². The van der Waals surface area contributed by atoms with Crippen molar-refractivity contribution in [2.75, 3.05) is 13.7 Å². The molecule has 0 aliphatic heterocycles. The zero-order valence-electron chi connectivity index (χ0n) is 16.7. The molecule has 1 unspecified atom stereocenters. The molecule has 1 atom stereocenters. The number of halogens is 1. The molecule has 0 spiro atoms. The Morgan fingerprint density at radius 1 is 1.10 bits per heavy atom. The summed E-state index contributed by atoms with van der Waals surface area (Å²) in [5.41, 5.74) is 0.697. The van der Waals surface area contributed by atoms with Crippen LogP contribution in [0.3, 0.4) is 0 Å². The molecule has 0 radical (unpaired) electrons. The summed E-state index contributed by atoms with van der Waals surface area (Å²) in [6.07, 6.45) is 1.54. The fraction of sp³-hybridized carbons (Fsp3) is 0.227. The van der Waals surface area contributed by atoms with Crippen LogP contribution in [0.4, 0.5) is 4.39 Å². The highest BCUT2D eigenvalue weighted by Crippen LogP contribution is 2.22. The smallest absolute Gasteiger partial charge is 0.337 e. The summed E-state index contributed by atoms with van der Waals surface area (Å²) in [6, 6.07) is 15.1. The molecule has 30 heavy (non-hydrogen) atoms. The maximum atomic E-state index is 13.9. The third-order valence-electron chi connectivity index (χ3n) is 5.14. The van der Waals surface area contributed by atoms with Crippen LogP contribution in [0.1, 0.15) is 18.5 Å². The minimum Gasteiger partial charge on any atom is -0.383 e. The molecule has 2 heterocycles. The molecular formula is C22H21FN4O3. The quantitative estimate of drug-likeness (QED) is 0.492. The fourth-order valence-corrected chi connectivity index (χ4v) is 3.56. The van der Waals surface area contributed by atoms with Crippen LogP contribution in [0, 0.1) is 5.82 Å². The lowest BCUT2D eigenvalue weighted by atomic mass is 10.1. The highest BCUT2D eigenvalue weighted by molar-refractivity contribution is 5.72. The zero-order valence-corrected chi connectivity index (χ0v) is 16.7. The van der Waals surface area contributed by atoms with Crippen molar-refractivity contribution in [3.05, 3.63) is 93.1 Å². The largest absolute Gasteiger partial charge is 0.383 e. The van der Waals surface area contributed by atoms with Gasteiger partial charge in [-0.1, -0.05) is 36.4 Å². The molecule has 0 amide bonds. The van der Waals surface area contributed by atoms with Gasteiger partial charge in [-0.15, -0.1) is 0 Å². The summed E-state index contributed by atoms with van der Waals surface area (Å²) < 4.78 is 23.1. The second-order valence-corrected chi connectivity index (χ2v) is 6.96. The second kappa shape index (κ2) is 8.08. The SMILES string of the molecule is COCCn1c(=O)c2c(ncn2C(C)c2ccccc2)n(-c2cccc(F)c2)c1=O. The Morgan fingerprint density at radius 3 is 2.57 bits per heavy atom. The topological polar surface area (TPSA) is 71.1 Å². The minimum absolute atomic E-state index is 0.0737. The first-order chi connectivity index (χ1) is 14.5. The average Bonchev–Trinajstić information content (AvgIpc) is 3.19. The van der Waals surface area contributed by atoms with Gasteiger partial charge < -0.3 is 9.30 Å². The monoisotopic (exact) mass is 408 g/mol. The predicted molar refractivity (Wildman–Crippen MR) is 112 cm³/mol. The van der Waals surface area contributed by atoms with E-state index in [0.717, 1.165) is 10.1 Å². The van der Waals surface area contributed by atoms with Crippen LogP contribution in [0.5, 0.6) is 0 Å².